The fraction of sp³-hybridized carbons (Fsp3) is 0.889. The number of unbranched alkanes of at least 4 members (excludes halogenated alkanes) is 4. The number of hydrogen-bond donors (Lipinski definition) is 0. The van der Waals surface area contributed by atoms with Crippen LogP contribution in [-0.4, -0.2) is 5.97 Å². The average molecular weight is 159 g/mol. The SMILES string of the molecule is CC(=O)[O-].CCCCCCC. The molecule has 0 aromatic rings. The summed E-state index contributed by atoms with van der Waals surface area (Å²) in [5.74, 6) is -1.08. The molecule has 0 radical (unpaired) electrons. The van der Waals surface area contributed by atoms with Crippen molar-refractivity contribution >= 4 is 5.97 Å². The van der Waals surface area contributed by atoms with Crippen molar-refractivity contribution in [2.45, 2.75) is 52.9 Å². The highest BCUT2D eigenvalue weighted by Gasteiger charge is 1.80. The molecule has 0 unspecified atom stereocenters. The summed E-state index contributed by atoms with van der Waals surface area (Å²) in [6.07, 6.45) is 7.01. The largest absolute Gasteiger partial charge is 0.550 e. The molecule has 0 atom stereocenters. The van der Waals surface area contributed by atoms with Gasteiger partial charge in [0.25, 0.3) is 0 Å². The van der Waals surface area contributed by atoms with Crippen LogP contribution in [0.5, 0.6) is 0 Å². The highest BCUT2D eigenvalue weighted by atomic mass is 16.4. The van der Waals surface area contributed by atoms with Crippen molar-refractivity contribution in [1.82, 2.24) is 0 Å². The molecule has 0 saturated carbocycles. The highest BCUT2D eigenvalue weighted by molar-refractivity contribution is 5.60. The number of carbonyl (C=O) groups excluding carboxylic acids is 1. The van der Waals surface area contributed by atoms with Gasteiger partial charge in [0.1, 0.15) is 0 Å². The summed E-state index contributed by atoms with van der Waals surface area (Å²) < 4.78 is 0. The minimum Gasteiger partial charge on any atom is -0.550 e. The molecule has 0 aliphatic carbocycles. The third-order valence-corrected chi connectivity index (χ3v) is 1.21. The first-order valence-corrected chi connectivity index (χ1v) is 4.32. The Kier molecular flexibility index (Phi) is 14.5. The zero-order valence-electron chi connectivity index (χ0n) is 7.85. The van der Waals surface area contributed by atoms with Gasteiger partial charge in [-0.2, -0.15) is 0 Å². The van der Waals surface area contributed by atoms with Gasteiger partial charge in [-0.25, -0.2) is 0 Å². The van der Waals surface area contributed by atoms with Crippen LogP contribution in [0, 0.1) is 0 Å². The van der Waals surface area contributed by atoms with Crippen molar-refractivity contribution in [3.63, 3.8) is 0 Å². The van der Waals surface area contributed by atoms with Crippen molar-refractivity contribution in [2.24, 2.45) is 0 Å². The zero-order valence-corrected chi connectivity index (χ0v) is 7.85. The molecule has 0 rings (SSSR count). The minimum absolute atomic E-state index is 0.972. The Hall–Kier alpha value is -0.530. The zero-order chi connectivity index (χ0) is 9.11. The number of carbonyl (C=O) groups is 1. The number of carboxylic acids is 1. The van der Waals surface area contributed by atoms with E-state index in [0.717, 1.165) is 6.92 Å². The van der Waals surface area contributed by atoms with E-state index in [1.165, 1.54) is 32.1 Å². The smallest absolute Gasteiger partial charge is 0.0383 e. The van der Waals surface area contributed by atoms with Gasteiger partial charge in [0.05, 0.1) is 0 Å². The molecule has 0 amide bonds. The van der Waals surface area contributed by atoms with Gasteiger partial charge in [-0.15, -0.1) is 0 Å². The van der Waals surface area contributed by atoms with Gasteiger partial charge in [0.15, 0.2) is 0 Å². The van der Waals surface area contributed by atoms with Crippen LogP contribution in [-0.2, 0) is 4.79 Å². The first-order valence-electron chi connectivity index (χ1n) is 4.32. The molecule has 0 aromatic heterocycles. The second-order valence-corrected chi connectivity index (χ2v) is 2.55. The normalized spacial score (nSPS) is 8.27. The van der Waals surface area contributed by atoms with Crippen molar-refractivity contribution in [1.29, 1.82) is 0 Å². The summed E-state index contributed by atoms with van der Waals surface area (Å²) in [5.41, 5.74) is 0. The third-order valence-electron chi connectivity index (χ3n) is 1.21. The fourth-order valence-electron chi connectivity index (χ4n) is 0.677. The third kappa shape index (κ3) is 43.9. The van der Waals surface area contributed by atoms with Crippen LogP contribution in [0.4, 0.5) is 0 Å². The summed E-state index contributed by atoms with van der Waals surface area (Å²) >= 11 is 0. The monoisotopic (exact) mass is 159 g/mol. The molecule has 0 bridgehead atoms. The molecule has 68 valence electrons. The number of aliphatic carboxylic acids is 1. The van der Waals surface area contributed by atoms with Gasteiger partial charge in [0, 0.05) is 5.97 Å². The van der Waals surface area contributed by atoms with Crippen LogP contribution in [0.2, 0.25) is 0 Å². The average Bonchev–Trinajstić information content (AvgIpc) is 1.88. The van der Waals surface area contributed by atoms with Crippen molar-refractivity contribution in [2.75, 3.05) is 0 Å². The van der Waals surface area contributed by atoms with Gasteiger partial charge < -0.3 is 9.90 Å². The summed E-state index contributed by atoms with van der Waals surface area (Å²) in [4.78, 5) is 8.89. The van der Waals surface area contributed by atoms with Gasteiger partial charge in [0.2, 0.25) is 0 Å². The first-order chi connectivity index (χ1) is 5.15. The first kappa shape index (κ1) is 13.1. The lowest BCUT2D eigenvalue weighted by molar-refractivity contribution is -0.302. The van der Waals surface area contributed by atoms with E-state index < -0.39 is 5.97 Å². The molecule has 2 nitrogen and oxygen atoms in total. The standard InChI is InChI=1S/C7H16.C2H4O2/c1-3-5-7-6-4-2;1-2(3)4/h3-7H2,1-2H3;1H3,(H,3,4)/p-1. The van der Waals surface area contributed by atoms with Crippen LogP contribution in [0.1, 0.15) is 52.9 Å². The molecule has 0 saturated heterocycles. The van der Waals surface area contributed by atoms with Crippen molar-refractivity contribution < 1.29 is 9.90 Å². The van der Waals surface area contributed by atoms with E-state index in [-0.39, 0.29) is 0 Å². The highest BCUT2D eigenvalue weighted by Crippen LogP contribution is 2.00. The van der Waals surface area contributed by atoms with E-state index in [1.807, 2.05) is 0 Å². The Morgan fingerprint density at radius 3 is 1.55 bits per heavy atom. The second kappa shape index (κ2) is 12.2. The van der Waals surface area contributed by atoms with E-state index in [1.54, 1.807) is 0 Å². The molecule has 0 N–H and O–H groups in total. The van der Waals surface area contributed by atoms with Crippen LogP contribution in [0.15, 0.2) is 0 Å². The number of hydrogen-bond acceptors (Lipinski definition) is 2. The lowest BCUT2D eigenvalue weighted by Crippen LogP contribution is -2.16. The molecular formula is C9H19O2-. The number of carboxylic acid groups (broad SMARTS) is 1. The Labute approximate surface area is 69.6 Å². The molecule has 0 aromatic carbocycles. The van der Waals surface area contributed by atoms with E-state index in [0.29, 0.717) is 0 Å². The van der Waals surface area contributed by atoms with Crippen molar-refractivity contribution in [3.05, 3.63) is 0 Å². The van der Waals surface area contributed by atoms with Crippen LogP contribution in [0.3, 0.4) is 0 Å². The molecule has 2 heteroatoms. The van der Waals surface area contributed by atoms with Gasteiger partial charge in [-0.05, 0) is 6.92 Å². The van der Waals surface area contributed by atoms with Crippen LogP contribution in [0.25, 0.3) is 0 Å². The summed E-state index contributed by atoms with van der Waals surface area (Å²) in [6.45, 7) is 5.46. The summed E-state index contributed by atoms with van der Waals surface area (Å²) in [7, 11) is 0. The summed E-state index contributed by atoms with van der Waals surface area (Å²) in [6, 6.07) is 0. The Morgan fingerprint density at radius 1 is 1.09 bits per heavy atom. The van der Waals surface area contributed by atoms with Gasteiger partial charge in [-0.1, -0.05) is 46.0 Å². The molecule has 0 aliphatic heterocycles. The molecule has 0 aliphatic rings. The molecule has 0 heterocycles. The second-order valence-electron chi connectivity index (χ2n) is 2.55. The molecule has 0 fully saturated rings. The Balaban J connectivity index is 0. The number of rotatable bonds is 4. The predicted octanol–water partition coefficient (Wildman–Crippen LogP) is 1.73. The van der Waals surface area contributed by atoms with E-state index in [4.69, 9.17) is 9.90 Å². The quantitative estimate of drug-likeness (QED) is 0.586. The Morgan fingerprint density at radius 2 is 1.36 bits per heavy atom. The van der Waals surface area contributed by atoms with Crippen LogP contribution < -0.4 is 5.11 Å². The minimum atomic E-state index is -1.08. The van der Waals surface area contributed by atoms with Gasteiger partial charge >= 0.3 is 0 Å². The lowest BCUT2D eigenvalue weighted by atomic mass is 10.2. The molecular weight excluding hydrogens is 140 g/mol. The fourth-order valence-corrected chi connectivity index (χ4v) is 0.677. The summed E-state index contributed by atoms with van der Waals surface area (Å²) in [5, 5.41) is 8.89. The van der Waals surface area contributed by atoms with Crippen molar-refractivity contribution in [3.8, 4) is 0 Å². The molecule has 0 spiro atoms. The maximum atomic E-state index is 8.89. The predicted molar refractivity (Wildman–Crippen MR) is 45.1 cm³/mol. The van der Waals surface area contributed by atoms with E-state index in [9.17, 15) is 0 Å². The maximum Gasteiger partial charge on any atom is 0.0383 e. The van der Waals surface area contributed by atoms with Crippen LogP contribution >= 0.6 is 0 Å². The van der Waals surface area contributed by atoms with E-state index in [2.05, 4.69) is 13.8 Å². The maximum absolute atomic E-state index is 8.89. The van der Waals surface area contributed by atoms with Gasteiger partial charge in [-0.3, -0.25) is 0 Å². The van der Waals surface area contributed by atoms with E-state index >= 15 is 0 Å². The lowest BCUT2D eigenvalue weighted by Gasteiger charge is -1.90. The molecule has 11 heavy (non-hydrogen) atoms. The topological polar surface area (TPSA) is 40.1 Å². The Bertz CT molecular complexity index is 71.6.